The molecule has 6 heteroatoms. The monoisotopic (exact) mass is 372 g/mol. The van der Waals surface area contributed by atoms with Gasteiger partial charge in [-0.15, -0.1) is 0 Å². The molecule has 2 N–H and O–H groups in total. The Kier molecular flexibility index (Phi) is 5.74. The highest BCUT2D eigenvalue weighted by molar-refractivity contribution is 6.43. The van der Waals surface area contributed by atoms with E-state index in [-0.39, 0.29) is 0 Å². The lowest BCUT2D eigenvalue weighted by Gasteiger charge is -2.11. The van der Waals surface area contributed by atoms with Crippen LogP contribution in [-0.4, -0.2) is 16.5 Å². The summed E-state index contributed by atoms with van der Waals surface area (Å²) in [5, 5.41) is 7.40. The van der Waals surface area contributed by atoms with Crippen molar-refractivity contribution >= 4 is 40.7 Å². The molecule has 0 amide bonds. The summed E-state index contributed by atoms with van der Waals surface area (Å²) in [4.78, 5) is 8.90. The molecule has 0 atom stereocenters. The highest BCUT2D eigenvalue weighted by atomic mass is 35.5. The van der Waals surface area contributed by atoms with Crippen LogP contribution in [0.2, 0.25) is 10.0 Å². The van der Waals surface area contributed by atoms with E-state index in [1.165, 1.54) is 5.56 Å². The van der Waals surface area contributed by atoms with Crippen molar-refractivity contribution in [3.8, 4) is 0 Å². The van der Waals surface area contributed by atoms with E-state index >= 15 is 0 Å². The van der Waals surface area contributed by atoms with E-state index in [0.717, 1.165) is 24.5 Å². The van der Waals surface area contributed by atoms with Crippen molar-refractivity contribution < 1.29 is 0 Å². The lowest BCUT2D eigenvalue weighted by molar-refractivity contribution is 0.995. The molecule has 0 spiro atoms. The Bertz CT molecular complexity index is 853. The highest BCUT2D eigenvalue weighted by Crippen LogP contribution is 2.31. The lowest BCUT2D eigenvalue weighted by Crippen LogP contribution is -2.08. The number of nitrogens with zero attached hydrogens (tertiary/aromatic N) is 2. The number of halogens is 2. The quantitative estimate of drug-likeness (QED) is 0.600. The van der Waals surface area contributed by atoms with E-state index in [2.05, 4.69) is 32.7 Å². The van der Waals surface area contributed by atoms with Gasteiger partial charge in [0.15, 0.2) is 0 Å². The molecular formula is C19H18Cl2N4. The molecular weight excluding hydrogens is 355 g/mol. The molecule has 3 rings (SSSR count). The zero-order valence-electron chi connectivity index (χ0n) is 13.8. The normalized spacial score (nSPS) is 10.5. The molecule has 0 saturated heterocycles. The number of benzene rings is 2. The van der Waals surface area contributed by atoms with Crippen LogP contribution in [0.15, 0.2) is 54.6 Å². The summed E-state index contributed by atoms with van der Waals surface area (Å²) in [6, 6.07) is 17.6. The largest absolute Gasteiger partial charge is 0.370 e. The van der Waals surface area contributed by atoms with Crippen LogP contribution in [0.3, 0.4) is 0 Å². The maximum Gasteiger partial charge on any atom is 0.229 e. The number of nitrogens with one attached hydrogen (secondary N) is 2. The van der Waals surface area contributed by atoms with Crippen molar-refractivity contribution in [2.45, 2.75) is 13.3 Å². The summed E-state index contributed by atoms with van der Waals surface area (Å²) in [6.07, 6.45) is 0.923. The Labute approximate surface area is 157 Å². The van der Waals surface area contributed by atoms with Gasteiger partial charge in [-0.1, -0.05) is 59.6 Å². The van der Waals surface area contributed by atoms with Gasteiger partial charge in [0.2, 0.25) is 5.95 Å². The van der Waals surface area contributed by atoms with Crippen molar-refractivity contribution in [2.75, 3.05) is 17.2 Å². The van der Waals surface area contributed by atoms with Crippen LogP contribution in [0.1, 0.15) is 11.3 Å². The van der Waals surface area contributed by atoms with Gasteiger partial charge in [0.05, 0.1) is 15.7 Å². The molecule has 0 radical (unpaired) electrons. The standard InChI is InChI=1S/C19H18Cl2N4/c1-13-12-17(22-11-10-14-6-3-2-4-7-14)25-19(23-13)24-16-9-5-8-15(20)18(16)21/h2-9,12H,10-11H2,1H3,(H2,22,23,24,25). The van der Waals surface area contributed by atoms with Gasteiger partial charge in [-0.25, -0.2) is 4.98 Å². The lowest BCUT2D eigenvalue weighted by atomic mass is 10.1. The van der Waals surface area contributed by atoms with Gasteiger partial charge in [-0.3, -0.25) is 0 Å². The molecule has 0 aliphatic heterocycles. The van der Waals surface area contributed by atoms with Crippen LogP contribution >= 0.6 is 23.2 Å². The zero-order valence-corrected chi connectivity index (χ0v) is 15.3. The van der Waals surface area contributed by atoms with Gasteiger partial charge in [0.1, 0.15) is 5.82 Å². The average Bonchev–Trinajstić information content (AvgIpc) is 2.59. The Balaban J connectivity index is 1.69. The molecule has 2 aromatic carbocycles. The summed E-state index contributed by atoms with van der Waals surface area (Å²) in [5.74, 6) is 1.25. The number of anilines is 3. The van der Waals surface area contributed by atoms with Gasteiger partial charge in [0.25, 0.3) is 0 Å². The molecule has 25 heavy (non-hydrogen) atoms. The molecule has 0 aliphatic rings. The maximum atomic E-state index is 6.21. The van der Waals surface area contributed by atoms with Crippen LogP contribution in [0.5, 0.6) is 0 Å². The highest BCUT2D eigenvalue weighted by Gasteiger charge is 2.07. The number of aromatic nitrogens is 2. The Morgan fingerprint density at radius 1 is 0.960 bits per heavy atom. The van der Waals surface area contributed by atoms with Gasteiger partial charge < -0.3 is 10.6 Å². The smallest absolute Gasteiger partial charge is 0.229 e. The second-order valence-electron chi connectivity index (χ2n) is 5.61. The fourth-order valence-corrected chi connectivity index (χ4v) is 2.76. The maximum absolute atomic E-state index is 6.21. The third-order valence-corrected chi connectivity index (χ3v) is 4.43. The zero-order chi connectivity index (χ0) is 17.6. The van der Waals surface area contributed by atoms with E-state index in [4.69, 9.17) is 23.2 Å². The van der Waals surface area contributed by atoms with Crippen molar-refractivity contribution in [1.29, 1.82) is 0 Å². The summed E-state index contributed by atoms with van der Waals surface area (Å²) in [7, 11) is 0. The van der Waals surface area contributed by atoms with Crippen LogP contribution < -0.4 is 10.6 Å². The topological polar surface area (TPSA) is 49.8 Å². The van der Waals surface area contributed by atoms with E-state index in [1.54, 1.807) is 6.07 Å². The fourth-order valence-electron chi connectivity index (χ4n) is 2.42. The molecule has 4 nitrogen and oxygen atoms in total. The van der Waals surface area contributed by atoms with Crippen LogP contribution in [-0.2, 0) is 6.42 Å². The van der Waals surface area contributed by atoms with Crippen molar-refractivity contribution in [2.24, 2.45) is 0 Å². The minimum absolute atomic E-state index is 0.452. The van der Waals surface area contributed by atoms with Crippen LogP contribution in [0, 0.1) is 6.92 Å². The Morgan fingerprint density at radius 2 is 1.76 bits per heavy atom. The minimum Gasteiger partial charge on any atom is -0.370 e. The second kappa shape index (κ2) is 8.19. The fraction of sp³-hybridized carbons (Fsp3) is 0.158. The first kappa shape index (κ1) is 17.5. The second-order valence-corrected chi connectivity index (χ2v) is 6.39. The first-order chi connectivity index (χ1) is 12.1. The molecule has 0 unspecified atom stereocenters. The summed E-state index contributed by atoms with van der Waals surface area (Å²) in [6.45, 7) is 2.71. The predicted molar refractivity (Wildman–Crippen MR) is 105 cm³/mol. The molecule has 3 aromatic rings. The predicted octanol–water partition coefficient (Wildman–Crippen LogP) is 5.49. The average molecular weight is 373 g/mol. The van der Waals surface area contributed by atoms with Gasteiger partial charge in [0, 0.05) is 18.3 Å². The minimum atomic E-state index is 0.452. The van der Waals surface area contributed by atoms with Crippen molar-refractivity contribution in [3.63, 3.8) is 0 Å². The number of hydrogen-bond donors (Lipinski definition) is 2. The number of rotatable bonds is 6. The Morgan fingerprint density at radius 3 is 2.56 bits per heavy atom. The molecule has 0 aliphatic carbocycles. The van der Waals surface area contributed by atoms with Crippen molar-refractivity contribution in [3.05, 3.63) is 75.9 Å². The first-order valence-electron chi connectivity index (χ1n) is 7.96. The third-order valence-electron chi connectivity index (χ3n) is 3.61. The SMILES string of the molecule is Cc1cc(NCCc2ccccc2)nc(Nc2cccc(Cl)c2Cl)n1. The molecule has 0 saturated carbocycles. The third kappa shape index (κ3) is 4.84. The molecule has 1 aromatic heterocycles. The summed E-state index contributed by atoms with van der Waals surface area (Å²) < 4.78 is 0. The number of hydrogen-bond acceptors (Lipinski definition) is 4. The van der Waals surface area contributed by atoms with Crippen LogP contribution in [0.4, 0.5) is 17.5 Å². The van der Waals surface area contributed by atoms with Crippen molar-refractivity contribution in [1.82, 2.24) is 9.97 Å². The molecule has 0 fully saturated rings. The first-order valence-corrected chi connectivity index (χ1v) is 8.72. The van der Waals surface area contributed by atoms with Gasteiger partial charge in [-0.05, 0) is 31.0 Å². The van der Waals surface area contributed by atoms with Gasteiger partial charge in [-0.2, -0.15) is 4.98 Å². The van der Waals surface area contributed by atoms with E-state index < -0.39 is 0 Å². The van der Waals surface area contributed by atoms with E-state index in [9.17, 15) is 0 Å². The molecule has 128 valence electrons. The van der Waals surface area contributed by atoms with Crippen LogP contribution in [0.25, 0.3) is 0 Å². The van der Waals surface area contributed by atoms with Gasteiger partial charge >= 0.3 is 0 Å². The van der Waals surface area contributed by atoms with E-state index in [0.29, 0.717) is 21.7 Å². The van der Waals surface area contributed by atoms with E-state index in [1.807, 2.05) is 43.3 Å². The number of aryl methyl sites for hydroxylation is 1. The Hall–Kier alpha value is -2.30. The summed E-state index contributed by atoms with van der Waals surface area (Å²) in [5.41, 5.74) is 2.82. The molecule has 1 heterocycles. The summed E-state index contributed by atoms with van der Waals surface area (Å²) >= 11 is 12.3. The molecule has 0 bridgehead atoms.